The van der Waals surface area contributed by atoms with Gasteiger partial charge in [0.25, 0.3) is 5.91 Å². The van der Waals surface area contributed by atoms with Crippen molar-refractivity contribution < 1.29 is 34.2 Å². The molecule has 0 aliphatic carbocycles. The molecule has 0 bridgehead atoms. The van der Waals surface area contributed by atoms with Gasteiger partial charge >= 0.3 is 13.6 Å². The van der Waals surface area contributed by atoms with Crippen LogP contribution in [0.2, 0.25) is 0 Å². The molecule has 152 valence electrons. The molecule has 0 aromatic rings. The van der Waals surface area contributed by atoms with Crippen molar-refractivity contribution in [3.05, 3.63) is 0 Å². The van der Waals surface area contributed by atoms with Crippen molar-refractivity contribution in [2.45, 2.75) is 58.2 Å². The van der Waals surface area contributed by atoms with E-state index in [1.807, 2.05) is 0 Å². The highest BCUT2D eigenvalue weighted by molar-refractivity contribution is 7.53. The van der Waals surface area contributed by atoms with Gasteiger partial charge in [-0.2, -0.15) is 0 Å². The molecule has 0 aromatic carbocycles. The van der Waals surface area contributed by atoms with E-state index in [9.17, 15) is 34.2 Å². The van der Waals surface area contributed by atoms with Crippen molar-refractivity contribution in [3.63, 3.8) is 0 Å². The Morgan fingerprint density at radius 1 is 1.04 bits per heavy atom. The highest BCUT2D eigenvalue weighted by atomic mass is 31.2. The third kappa shape index (κ3) is 2.90. The molecular formula is C16H31N2O7P. The van der Waals surface area contributed by atoms with Crippen LogP contribution in [0, 0.1) is 5.41 Å². The number of carbonyl (C=O) groups is 2. The van der Waals surface area contributed by atoms with Gasteiger partial charge in [0, 0.05) is 12.0 Å². The Bertz CT molecular complexity index is 599. The summed E-state index contributed by atoms with van der Waals surface area (Å²) in [6.07, 6.45) is 0.456. The number of amides is 3. The molecule has 10 heteroatoms. The second-order valence-corrected chi connectivity index (χ2v) is 9.51. The molecular weight excluding hydrogens is 363 g/mol. The van der Waals surface area contributed by atoms with Crippen molar-refractivity contribution in [2.75, 3.05) is 26.3 Å². The average molecular weight is 394 g/mol. The Hall–Kier alpha value is -0.990. The molecule has 26 heavy (non-hydrogen) atoms. The second kappa shape index (κ2) is 7.56. The smallest absolute Gasteiger partial charge is 0.331 e. The van der Waals surface area contributed by atoms with Gasteiger partial charge in [-0.25, -0.2) is 4.79 Å². The van der Waals surface area contributed by atoms with Gasteiger partial charge < -0.3 is 24.9 Å². The van der Waals surface area contributed by atoms with Crippen molar-refractivity contribution >= 4 is 19.5 Å². The van der Waals surface area contributed by atoms with Crippen LogP contribution >= 0.6 is 7.60 Å². The molecule has 1 aliphatic heterocycles. The maximum Gasteiger partial charge on any atom is 0.331 e. The molecule has 1 fully saturated rings. The highest BCUT2D eigenvalue weighted by Gasteiger charge is 2.70. The number of urea groups is 1. The lowest BCUT2D eigenvalue weighted by atomic mass is 9.59. The number of aliphatic hydroxyl groups excluding tert-OH is 2. The van der Waals surface area contributed by atoms with Gasteiger partial charge in [-0.15, -0.1) is 0 Å². The third-order valence-electron chi connectivity index (χ3n) is 6.35. The summed E-state index contributed by atoms with van der Waals surface area (Å²) in [7, 11) is -4.67. The number of carbonyl (C=O) groups excluding carboxylic acids is 2. The largest absolute Gasteiger partial charge is 0.395 e. The van der Waals surface area contributed by atoms with Gasteiger partial charge in [-0.05, 0) is 33.6 Å². The van der Waals surface area contributed by atoms with E-state index in [4.69, 9.17) is 0 Å². The molecule has 1 saturated heterocycles. The number of nitrogens with zero attached hydrogens (tertiary/aromatic N) is 2. The first-order valence-electron chi connectivity index (χ1n) is 8.75. The summed E-state index contributed by atoms with van der Waals surface area (Å²) in [5, 5.41) is 17.0. The van der Waals surface area contributed by atoms with Gasteiger partial charge in [0.2, 0.25) is 0 Å². The maximum absolute atomic E-state index is 13.3. The number of rotatable bonds is 9. The van der Waals surface area contributed by atoms with Gasteiger partial charge in [0.05, 0.1) is 24.9 Å². The zero-order valence-electron chi connectivity index (χ0n) is 16.1. The average Bonchev–Trinajstić information content (AvgIpc) is 2.72. The van der Waals surface area contributed by atoms with Crippen LogP contribution in [0.4, 0.5) is 4.79 Å². The molecule has 1 heterocycles. The predicted molar refractivity (Wildman–Crippen MR) is 95.5 cm³/mol. The normalized spacial score (nSPS) is 22.5. The van der Waals surface area contributed by atoms with E-state index in [0.29, 0.717) is 0 Å². The molecule has 1 aliphatic rings. The van der Waals surface area contributed by atoms with Crippen LogP contribution < -0.4 is 0 Å². The van der Waals surface area contributed by atoms with Crippen LogP contribution in [-0.2, 0) is 9.36 Å². The molecule has 9 nitrogen and oxygen atoms in total. The first-order chi connectivity index (χ1) is 11.8. The van der Waals surface area contributed by atoms with Gasteiger partial charge in [-0.1, -0.05) is 13.8 Å². The summed E-state index contributed by atoms with van der Waals surface area (Å²) >= 11 is 0. The molecule has 1 atom stereocenters. The third-order valence-corrected chi connectivity index (χ3v) is 8.23. The lowest BCUT2D eigenvalue weighted by Crippen LogP contribution is -2.66. The van der Waals surface area contributed by atoms with Crippen LogP contribution in [0.5, 0.6) is 0 Å². The monoisotopic (exact) mass is 394 g/mol. The summed E-state index contributed by atoms with van der Waals surface area (Å²) in [4.78, 5) is 48.2. The summed E-state index contributed by atoms with van der Waals surface area (Å²) < 4.78 is 12.4. The summed E-state index contributed by atoms with van der Waals surface area (Å²) in [5.74, 6) is -0.616. The van der Waals surface area contributed by atoms with Crippen LogP contribution in [-0.4, -0.2) is 78.7 Å². The second-order valence-electron chi connectivity index (χ2n) is 7.30. The fourth-order valence-electron chi connectivity index (χ4n) is 4.66. The topological polar surface area (TPSA) is 139 Å². The summed E-state index contributed by atoms with van der Waals surface area (Å²) in [6.45, 7) is 6.60. The van der Waals surface area contributed by atoms with Crippen LogP contribution in [0.15, 0.2) is 0 Å². The lowest BCUT2D eigenvalue weighted by molar-refractivity contribution is -0.142. The fourth-order valence-corrected chi connectivity index (χ4v) is 5.75. The predicted octanol–water partition coefficient (Wildman–Crippen LogP) is 0.757. The molecule has 0 spiro atoms. The molecule has 0 saturated carbocycles. The Morgan fingerprint density at radius 3 is 1.85 bits per heavy atom. The van der Waals surface area contributed by atoms with Gasteiger partial charge in [0.1, 0.15) is 5.54 Å². The lowest BCUT2D eigenvalue weighted by Gasteiger charge is -2.56. The first kappa shape index (κ1) is 23.0. The fraction of sp³-hybridized carbons (Fsp3) is 0.875. The number of aliphatic hydroxyl groups is 2. The number of β-amino-alcohol motifs (C(OH)–C–C–N with tert-alkyl or cyclic N) is 2. The zero-order chi connectivity index (χ0) is 20.6. The Kier molecular flexibility index (Phi) is 6.70. The van der Waals surface area contributed by atoms with Crippen LogP contribution in [0.25, 0.3) is 0 Å². The van der Waals surface area contributed by atoms with Crippen molar-refractivity contribution in [2.24, 2.45) is 5.41 Å². The summed E-state index contributed by atoms with van der Waals surface area (Å²) in [6, 6.07) is -0.673. The van der Waals surface area contributed by atoms with Crippen LogP contribution in [0.1, 0.15) is 47.5 Å². The highest BCUT2D eigenvalue weighted by Crippen LogP contribution is 2.66. The quantitative estimate of drug-likeness (QED) is 0.334. The molecule has 0 aromatic heterocycles. The Morgan fingerprint density at radius 2 is 1.50 bits per heavy atom. The SMILES string of the molecule is CCC(CC)(C1(C)C(=O)N(CCO)C(=O)N1CCO)C(C)(C)P(=O)(O)O. The molecule has 1 rings (SSSR count). The minimum Gasteiger partial charge on any atom is -0.395 e. The molecule has 1 unspecified atom stereocenters. The van der Waals surface area contributed by atoms with Gasteiger partial charge in [0.15, 0.2) is 0 Å². The van der Waals surface area contributed by atoms with E-state index in [-0.39, 0.29) is 25.9 Å². The summed E-state index contributed by atoms with van der Waals surface area (Å²) in [5.41, 5.74) is -2.83. The number of hydrogen-bond donors (Lipinski definition) is 4. The molecule has 0 radical (unpaired) electrons. The first-order valence-corrected chi connectivity index (χ1v) is 10.4. The van der Waals surface area contributed by atoms with Crippen LogP contribution in [0.3, 0.4) is 0 Å². The van der Waals surface area contributed by atoms with Crippen molar-refractivity contribution in [3.8, 4) is 0 Å². The van der Waals surface area contributed by atoms with E-state index in [1.165, 1.54) is 25.7 Å². The number of imide groups is 1. The standard InChI is InChI=1S/C16H31N2O7P/c1-6-16(7-2,14(3,4)26(23,24)25)15(5)12(21)17(8-10-19)13(22)18(15)9-11-20/h19-20H,6-11H2,1-5H3,(H2,23,24,25). The molecule has 3 amide bonds. The van der Waals surface area contributed by atoms with E-state index in [0.717, 1.165) is 4.90 Å². The number of hydrogen-bond acceptors (Lipinski definition) is 5. The van der Waals surface area contributed by atoms with E-state index in [2.05, 4.69) is 0 Å². The van der Waals surface area contributed by atoms with Crippen molar-refractivity contribution in [1.82, 2.24) is 9.80 Å². The van der Waals surface area contributed by atoms with E-state index >= 15 is 0 Å². The Balaban J connectivity index is 3.78. The van der Waals surface area contributed by atoms with Gasteiger partial charge in [-0.3, -0.25) is 14.3 Å². The Labute approximate surface area is 154 Å². The minimum absolute atomic E-state index is 0.151. The molecule has 4 N–H and O–H groups in total. The van der Waals surface area contributed by atoms with E-state index in [1.54, 1.807) is 13.8 Å². The van der Waals surface area contributed by atoms with E-state index < -0.39 is 48.9 Å². The zero-order valence-corrected chi connectivity index (χ0v) is 17.0. The van der Waals surface area contributed by atoms with Crippen molar-refractivity contribution in [1.29, 1.82) is 0 Å². The maximum atomic E-state index is 13.3. The minimum atomic E-state index is -4.67.